The zero-order chi connectivity index (χ0) is 12.3. The van der Waals surface area contributed by atoms with Crippen LogP contribution < -0.4 is 16.6 Å². The molecule has 88 valence electrons. The third kappa shape index (κ3) is 2.05. The number of thiol groups is 1. The molecule has 0 unspecified atom stereocenters. The van der Waals surface area contributed by atoms with Crippen LogP contribution in [0.2, 0.25) is 0 Å². The monoisotopic (exact) mass is 241 g/mol. The molecule has 16 heavy (non-hydrogen) atoms. The average molecular weight is 241 g/mol. The maximum absolute atomic E-state index is 11.8. The molecule has 0 saturated heterocycles. The molecule has 1 aromatic heterocycles. The minimum absolute atomic E-state index is 0.0928. The van der Waals surface area contributed by atoms with Gasteiger partial charge in [-0.15, -0.1) is 12.6 Å². The van der Waals surface area contributed by atoms with Crippen molar-refractivity contribution < 1.29 is 0 Å². The summed E-state index contributed by atoms with van der Waals surface area (Å²) in [6.45, 7) is 3.64. The highest BCUT2D eigenvalue weighted by Crippen LogP contribution is 2.21. The fourth-order valence-corrected chi connectivity index (χ4v) is 1.44. The smallest absolute Gasteiger partial charge is 0.293 e. The molecule has 0 aliphatic carbocycles. The first-order valence-electron chi connectivity index (χ1n) is 4.64. The summed E-state index contributed by atoms with van der Waals surface area (Å²) in [7, 11) is 3.36. The lowest BCUT2D eigenvalue weighted by Gasteiger charge is -2.04. The van der Waals surface area contributed by atoms with Gasteiger partial charge in [-0.2, -0.15) is 0 Å². The van der Waals surface area contributed by atoms with Crippen molar-refractivity contribution in [3.63, 3.8) is 0 Å². The van der Waals surface area contributed by atoms with Crippen molar-refractivity contribution in [3.05, 3.63) is 23.0 Å². The van der Waals surface area contributed by atoms with Gasteiger partial charge in [0.05, 0.1) is 11.7 Å². The molecule has 1 rings (SSSR count). The maximum atomic E-state index is 11.8. The molecule has 0 amide bonds. The summed E-state index contributed by atoms with van der Waals surface area (Å²) in [5.74, 6) is 0.475. The molecule has 6 nitrogen and oxygen atoms in total. The SMILES string of the molecule is C=C/C(S)=N/c1c(NC)c(=O)n(CN)n1C. The Morgan fingerprint density at radius 3 is 2.81 bits per heavy atom. The predicted molar refractivity (Wildman–Crippen MR) is 69.7 cm³/mol. The topological polar surface area (TPSA) is 77.3 Å². The van der Waals surface area contributed by atoms with Crippen molar-refractivity contribution in [1.82, 2.24) is 9.36 Å². The van der Waals surface area contributed by atoms with E-state index in [2.05, 4.69) is 29.5 Å². The quantitative estimate of drug-likeness (QED) is 0.403. The summed E-state index contributed by atoms with van der Waals surface area (Å²) in [4.78, 5) is 16.0. The third-order valence-corrected chi connectivity index (χ3v) is 2.45. The molecule has 0 aliphatic heterocycles. The van der Waals surface area contributed by atoms with Crippen molar-refractivity contribution >= 4 is 29.2 Å². The Morgan fingerprint density at radius 1 is 1.75 bits per heavy atom. The number of nitrogens with zero attached hydrogens (tertiary/aromatic N) is 3. The highest BCUT2D eigenvalue weighted by atomic mass is 32.1. The lowest BCUT2D eigenvalue weighted by atomic mass is 10.5. The van der Waals surface area contributed by atoms with Gasteiger partial charge in [-0.25, -0.2) is 9.67 Å². The average Bonchev–Trinajstić information content (AvgIpc) is 2.50. The number of nitrogens with two attached hydrogens (primary N) is 1. The Morgan fingerprint density at radius 2 is 2.38 bits per heavy atom. The molecule has 0 spiro atoms. The third-order valence-electron chi connectivity index (χ3n) is 2.17. The van der Waals surface area contributed by atoms with Crippen LogP contribution in [-0.4, -0.2) is 21.5 Å². The molecular weight excluding hydrogens is 226 g/mol. The van der Waals surface area contributed by atoms with Crippen molar-refractivity contribution in [2.24, 2.45) is 17.8 Å². The summed E-state index contributed by atoms with van der Waals surface area (Å²) in [6.07, 6.45) is 1.49. The second-order valence-electron chi connectivity index (χ2n) is 3.03. The van der Waals surface area contributed by atoms with E-state index in [0.29, 0.717) is 16.5 Å². The highest BCUT2D eigenvalue weighted by molar-refractivity contribution is 7.97. The Kier molecular flexibility index (Phi) is 3.97. The van der Waals surface area contributed by atoms with Crippen molar-refractivity contribution in [2.45, 2.75) is 6.67 Å². The second-order valence-corrected chi connectivity index (χ2v) is 3.49. The number of anilines is 1. The standard InChI is InChI=1S/C9H15N5OS/c1-4-6(16)12-8-7(11-2)9(15)14(5-10)13(8)3/h4,11H,1,5,10H2,2-3H3,(H,12,16). The van der Waals surface area contributed by atoms with Crippen molar-refractivity contribution in [3.8, 4) is 0 Å². The van der Waals surface area contributed by atoms with Gasteiger partial charge in [0.1, 0.15) is 5.69 Å². The number of hydrogen-bond acceptors (Lipinski definition) is 4. The molecular formula is C9H15N5OS. The molecule has 0 saturated carbocycles. The largest absolute Gasteiger partial charge is 0.381 e. The first-order chi connectivity index (χ1) is 7.56. The maximum Gasteiger partial charge on any atom is 0.293 e. The molecule has 0 aliphatic rings. The van der Waals surface area contributed by atoms with E-state index in [1.165, 1.54) is 10.8 Å². The highest BCUT2D eigenvalue weighted by Gasteiger charge is 2.15. The van der Waals surface area contributed by atoms with E-state index in [9.17, 15) is 4.79 Å². The van der Waals surface area contributed by atoms with Crippen molar-refractivity contribution in [1.29, 1.82) is 0 Å². The van der Waals surface area contributed by atoms with Gasteiger partial charge in [0, 0.05) is 14.1 Å². The first kappa shape index (κ1) is 12.6. The summed E-state index contributed by atoms with van der Waals surface area (Å²) < 4.78 is 2.95. The van der Waals surface area contributed by atoms with Crippen LogP contribution in [0.5, 0.6) is 0 Å². The molecule has 7 heteroatoms. The minimum atomic E-state index is -0.212. The predicted octanol–water partition coefficient (Wildman–Crippen LogP) is 0.290. The van der Waals surface area contributed by atoms with Gasteiger partial charge >= 0.3 is 0 Å². The Labute approximate surface area is 98.9 Å². The molecule has 0 atom stereocenters. The second kappa shape index (κ2) is 5.04. The minimum Gasteiger partial charge on any atom is -0.381 e. The van der Waals surface area contributed by atoms with E-state index in [1.54, 1.807) is 18.8 Å². The zero-order valence-electron chi connectivity index (χ0n) is 9.27. The molecule has 0 radical (unpaired) electrons. The van der Waals surface area contributed by atoms with Crippen LogP contribution in [-0.2, 0) is 13.7 Å². The number of nitrogens with one attached hydrogen (secondary N) is 1. The first-order valence-corrected chi connectivity index (χ1v) is 5.09. The van der Waals surface area contributed by atoms with E-state index < -0.39 is 0 Å². The lowest BCUT2D eigenvalue weighted by molar-refractivity contribution is 0.511. The van der Waals surface area contributed by atoms with Crippen LogP contribution >= 0.6 is 12.6 Å². The van der Waals surface area contributed by atoms with E-state index in [4.69, 9.17) is 5.73 Å². The molecule has 1 aromatic rings. The van der Waals surface area contributed by atoms with Crippen molar-refractivity contribution in [2.75, 3.05) is 12.4 Å². The van der Waals surface area contributed by atoms with Crippen LogP contribution in [0.15, 0.2) is 22.4 Å². The summed E-state index contributed by atoms with van der Waals surface area (Å²) in [5, 5.41) is 3.24. The van der Waals surface area contributed by atoms with Gasteiger partial charge in [0.2, 0.25) is 0 Å². The zero-order valence-corrected chi connectivity index (χ0v) is 10.2. The normalized spacial score (nSPS) is 11.6. The summed E-state index contributed by atoms with van der Waals surface area (Å²) >= 11 is 4.10. The summed E-state index contributed by atoms with van der Waals surface area (Å²) in [5.41, 5.74) is 5.66. The van der Waals surface area contributed by atoms with E-state index in [1.807, 2.05) is 0 Å². The van der Waals surface area contributed by atoms with E-state index >= 15 is 0 Å². The molecule has 1 heterocycles. The number of aromatic nitrogens is 2. The molecule has 0 aromatic carbocycles. The molecule has 3 N–H and O–H groups in total. The van der Waals surface area contributed by atoms with Crippen LogP contribution in [0.4, 0.5) is 11.5 Å². The Balaban J connectivity index is 3.49. The van der Waals surface area contributed by atoms with Crippen LogP contribution in [0.25, 0.3) is 0 Å². The lowest BCUT2D eigenvalue weighted by Crippen LogP contribution is -2.26. The van der Waals surface area contributed by atoms with Crippen LogP contribution in [0, 0.1) is 0 Å². The Bertz CT molecular complexity index is 485. The van der Waals surface area contributed by atoms with E-state index in [-0.39, 0.29) is 12.2 Å². The molecule has 0 bridgehead atoms. The van der Waals surface area contributed by atoms with Gasteiger partial charge in [0.15, 0.2) is 5.82 Å². The van der Waals surface area contributed by atoms with Gasteiger partial charge in [0.25, 0.3) is 5.56 Å². The van der Waals surface area contributed by atoms with Crippen LogP contribution in [0.3, 0.4) is 0 Å². The number of aliphatic imine (C=N–C) groups is 1. The van der Waals surface area contributed by atoms with Crippen LogP contribution in [0.1, 0.15) is 0 Å². The van der Waals surface area contributed by atoms with Gasteiger partial charge < -0.3 is 11.1 Å². The fourth-order valence-electron chi connectivity index (χ4n) is 1.34. The number of hydrogen-bond donors (Lipinski definition) is 3. The van der Waals surface area contributed by atoms with Gasteiger partial charge in [-0.05, 0) is 6.08 Å². The van der Waals surface area contributed by atoms with Gasteiger partial charge in [-0.1, -0.05) is 6.58 Å². The fraction of sp³-hybridized carbons (Fsp3) is 0.333. The Hall–Kier alpha value is -1.47. The molecule has 0 fully saturated rings. The van der Waals surface area contributed by atoms with Gasteiger partial charge in [-0.3, -0.25) is 9.48 Å². The summed E-state index contributed by atoms with van der Waals surface area (Å²) in [6, 6.07) is 0. The number of rotatable bonds is 4. The van der Waals surface area contributed by atoms with E-state index in [0.717, 1.165) is 0 Å².